The van der Waals surface area contributed by atoms with Gasteiger partial charge in [-0.25, -0.2) is 9.78 Å². The molecule has 3 N–H and O–H groups in total. The lowest BCUT2D eigenvalue weighted by molar-refractivity contribution is 0.0693. The third kappa shape index (κ3) is 1.14. The van der Waals surface area contributed by atoms with E-state index < -0.39 is 5.97 Å². The van der Waals surface area contributed by atoms with Gasteiger partial charge in [0.15, 0.2) is 5.69 Å². The number of hydrogen-bond donors (Lipinski definition) is 2. The fourth-order valence-electron chi connectivity index (χ4n) is 1.40. The van der Waals surface area contributed by atoms with Crippen LogP contribution in [0.15, 0.2) is 24.4 Å². The molecule has 5 heteroatoms. The van der Waals surface area contributed by atoms with Crippen LogP contribution in [0, 0.1) is 0 Å². The maximum atomic E-state index is 10.8. The highest BCUT2D eigenvalue weighted by Crippen LogP contribution is 2.12. The molecule has 0 aromatic carbocycles. The number of carbonyl (C=O) groups is 1. The predicted octanol–water partition coefficient (Wildman–Crippen LogP) is 0.491. The van der Waals surface area contributed by atoms with E-state index >= 15 is 0 Å². The molecule has 0 aliphatic heterocycles. The largest absolute Gasteiger partial charge is 0.476 e. The Balaban J connectivity index is 2.80. The monoisotopic (exact) mass is 191 g/mol. The molecule has 0 radical (unpaired) electrons. The first kappa shape index (κ1) is 8.71. The normalized spacial score (nSPS) is 10.6. The van der Waals surface area contributed by atoms with Gasteiger partial charge in [0.1, 0.15) is 5.82 Å². The number of hydrogen-bond acceptors (Lipinski definition) is 3. The first-order valence-corrected chi connectivity index (χ1v) is 4.13. The minimum Gasteiger partial charge on any atom is -0.476 e. The van der Waals surface area contributed by atoms with Crippen LogP contribution in [0.5, 0.6) is 0 Å². The van der Waals surface area contributed by atoms with Crippen LogP contribution in [0.4, 0.5) is 0 Å². The Morgan fingerprint density at radius 1 is 1.57 bits per heavy atom. The fraction of sp³-hybridized carbons (Fsp3) is 0.111. The molecule has 0 spiro atoms. The van der Waals surface area contributed by atoms with Crippen molar-refractivity contribution in [2.24, 2.45) is 5.73 Å². The van der Waals surface area contributed by atoms with Gasteiger partial charge in [0, 0.05) is 6.20 Å². The summed E-state index contributed by atoms with van der Waals surface area (Å²) >= 11 is 0. The fourth-order valence-corrected chi connectivity index (χ4v) is 1.40. The van der Waals surface area contributed by atoms with Gasteiger partial charge in [-0.05, 0) is 12.1 Å². The van der Waals surface area contributed by atoms with Crippen molar-refractivity contribution in [3.63, 3.8) is 0 Å². The second kappa shape index (κ2) is 3.12. The van der Waals surface area contributed by atoms with Crippen molar-refractivity contribution in [3.05, 3.63) is 35.9 Å². The minimum atomic E-state index is -1.03. The van der Waals surface area contributed by atoms with Crippen molar-refractivity contribution in [1.82, 2.24) is 9.38 Å². The molecule has 2 heterocycles. The Kier molecular flexibility index (Phi) is 1.94. The van der Waals surface area contributed by atoms with Gasteiger partial charge in [-0.3, -0.25) is 0 Å². The molecule has 0 fully saturated rings. The Bertz CT molecular complexity index is 490. The number of carboxylic acid groups (broad SMARTS) is 1. The summed E-state index contributed by atoms with van der Waals surface area (Å²) in [7, 11) is 0. The first-order valence-electron chi connectivity index (χ1n) is 4.13. The zero-order chi connectivity index (χ0) is 10.1. The summed E-state index contributed by atoms with van der Waals surface area (Å²) in [5.74, 6) is -0.480. The first-order chi connectivity index (χ1) is 6.74. The molecular weight excluding hydrogens is 182 g/mol. The summed E-state index contributed by atoms with van der Waals surface area (Å²) in [6.07, 6.45) is 1.75. The van der Waals surface area contributed by atoms with E-state index in [2.05, 4.69) is 4.98 Å². The second-order valence-electron chi connectivity index (χ2n) is 2.84. The van der Waals surface area contributed by atoms with Crippen LogP contribution in [-0.2, 0) is 6.54 Å². The van der Waals surface area contributed by atoms with Gasteiger partial charge in [0.25, 0.3) is 0 Å². The number of fused-ring (bicyclic) bond motifs is 1. The molecule has 0 saturated heterocycles. The second-order valence-corrected chi connectivity index (χ2v) is 2.84. The molecule has 2 aromatic heterocycles. The van der Waals surface area contributed by atoms with Crippen molar-refractivity contribution in [2.45, 2.75) is 6.54 Å². The number of aromatic carboxylic acids is 1. The van der Waals surface area contributed by atoms with Gasteiger partial charge < -0.3 is 15.2 Å². The highest BCUT2D eigenvalue weighted by atomic mass is 16.4. The molecule has 14 heavy (non-hydrogen) atoms. The van der Waals surface area contributed by atoms with Gasteiger partial charge in [-0.2, -0.15) is 0 Å². The highest BCUT2D eigenvalue weighted by Gasteiger charge is 2.14. The van der Waals surface area contributed by atoms with Crippen molar-refractivity contribution >= 4 is 11.5 Å². The van der Waals surface area contributed by atoms with Crippen LogP contribution >= 0.6 is 0 Å². The molecule has 72 valence electrons. The Morgan fingerprint density at radius 2 is 2.36 bits per heavy atom. The number of nitrogens with zero attached hydrogens (tertiary/aromatic N) is 2. The predicted molar refractivity (Wildman–Crippen MR) is 50.0 cm³/mol. The number of aromatic nitrogens is 2. The minimum absolute atomic E-state index is 0.0473. The van der Waals surface area contributed by atoms with Crippen molar-refractivity contribution in [3.8, 4) is 0 Å². The Labute approximate surface area is 79.8 Å². The topological polar surface area (TPSA) is 80.6 Å². The molecule has 2 rings (SSSR count). The van der Waals surface area contributed by atoms with Crippen LogP contribution in [0.1, 0.15) is 16.3 Å². The molecule has 0 unspecified atom stereocenters. The van der Waals surface area contributed by atoms with Crippen LogP contribution < -0.4 is 5.73 Å². The highest BCUT2D eigenvalue weighted by molar-refractivity contribution is 5.93. The summed E-state index contributed by atoms with van der Waals surface area (Å²) in [6.45, 7) is 0.221. The van der Waals surface area contributed by atoms with Gasteiger partial charge in [-0.1, -0.05) is 6.07 Å². The standard InChI is InChI=1S/C9H9N3O2/c10-5-7-11-8(9(13)14)6-3-1-2-4-12(6)7/h1-4H,5,10H2,(H,13,14). The van der Waals surface area contributed by atoms with E-state index in [0.29, 0.717) is 11.3 Å². The van der Waals surface area contributed by atoms with E-state index in [1.54, 1.807) is 28.8 Å². The summed E-state index contributed by atoms with van der Waals surface area (Å²) in [4.78, 5) is 14.8. The maximum Gasteiger partial charge on any atom is 0.356 e. The third-order valence-electron chi connectivity index (χ3n) is 2.01. The number of nitrogens with two attached hydrogens (primary N) is 1. The maximum absolute atomic E-state index is 10.8. The molecule has 0 atom stereocenters. The summed E-state index contributed by atoms with van der Waals surface area (Å²) in [6, 6.07) is 5.28. The van der Waals surface area contributed by atoms with Gasteiger partial charge in [0.2, 0.25) is 0 Å². The average Bonchev–Trinajstić information content (AvgIpc) is 2.56. The lowest BCUT2D eigenvalue weighted by atomic mass is 10.3. The van der Waals surface area contributed by atoms with E-state index in [4.69, 9.17) is 10.8 Å². The van der Waals surface area contributed by atoms with Gasteiger partial charge in [0.05, 0.1) is 12.1 Å². The van der Waals surface area contributed by atoms with Crippen LogP contribution in [0.25, 0.3) is 5.52 Å². The van der Waals surface area contributed by atoms with Crippen LogP contribution in [0.3, 0.4) is 0 Å². The van der Waals surface area contributed by atoms with Crippen LogP contribution in [-0.4, -0.2) is 20.5 Å². The Hall–Kier alpha value is -1.88. The van der Waals surface area contributed by atoms with E-state index in [1.807, 2.05) is 0 Å². The summed E-state index contributed by atoms with van der Waals surface area (Å²) in [5.41, 5.74) is 6.07. The molecule has 2 aromatic rings. The van der Waals surface area contributed by atoms with Gasteiger partial charge in [-0.15, -0.1) is 0 Å². The van der Waals surface area contributed by atoms with Crippen molar-refractivity contribution < 1.29 is 9.90 Å². The smallest absolute Gasteiger partial charge is 0.356 e. The van der Waals surface area contributed by atoms with E-state index in [1.165, 1.54) is 0 Å². The zero-order valence-corrected chi connectivity index (χ0v) is 7.34. The molecule has 0 aliphatic carbocycles. The summed E-state index contributed by atoms with van der Waals surface area (Å²) in [5, 5.41) is 8.88. The van der Waals surface area contributed by atoms with E-state index in [-0.39, 0.29) is 12.2 Å². The third-order valence-corrected chi connectivity index (χ3v) is 2.01. The lowest BCUT2D eigenvalue weighted by Gasteiger charge is -1.95. The lowest BCUT2D eigenvalue weighted by Crippen LogP contribution is -2.02. The van der Waals surface area contributed by atoms with E-state index in [0.717, 1.165) is 0 Å². The quantitative estimate of drug-likeness (QED) is 0.723. The van der Waals surface area contributed by atoms with Crippen LogP contribution in [0.2, 0.25) is 0 Å². The van der Waals surface area contributed by atoms with Crippen molar-refractivity contribution in [1.29, 1.82) is 0 Å². The number of rotatable bonds is 2. The number of pyridine rings is 1. The molecule has 0 bridgehead atoms. The number of carboxylic acids is 1. The molecule has 0 aliphatic rings. The molecule has 0 amide bonds. The van der Waals surface area contributed by atoms with E-state index in [9.17, 15) is 4.79 Å². The zero-order valence-electron chi connectivity index (χ0n) is 7.34. The number of imidazole rings is 1. The summed E-state index contributed by atoms with van der Waals surface area (Å²) < 4.78 is 1.68. The van der Waals surface area contributed by atoms with Crippen molar-refractivity contribution in [2.75, 3.05) is 0 Å². The SMILES string of the molecule is NCc1nc(C(=O)O)c2ccccn12. The molecule has 5 nitrogen and oxygen atoms in total. The Morgan fingerprint density at radius 3 is 3.00 bits per heavy atom. The molecular formula is C9H9N3O2. The van der Waals surface area contributed by atoms with Gasteiger partial charge >= 0.3 is 5.97 Å². The molecule has 0 saturated carbocycles. The average molecular weight is 191 g/mol.